The molecule has 2 aromatic rings. The Balaban J connectivity index is 2.26. The number of anilines is 3. The van der Waals surface area contributed by atoms with Crippen molar-refractivity contribution in [2.75, 3.05) is 18.2 Å². The lowest BCUT2D eigenvalue weighted by atomic mass is 10.2. The highest BCUT2D eigenvalue weighted by molar-refractivity contribution is 9.10. The third kappa shape index (κ3) is 2.89. The van der Waals surface area contributed by atoms with Gasteiger partial charge in [0.15, 0.2) is 0 Å². The number of halogens is 2. The first-order chi connectivity index (χ1) is 8.60. The Labute approximate surface area is 119 Å². The van der Waals surface area contributed by atoms with E-state index in [0.29, 0.717) is 10.7 Å². The van der Waals surface area contributed by atoms with Gasteiger partial charge in [-0.15, -0.1) is 0 Å². The fourth-order valence-electron chi connectivity index (χ4n) is 1.55. The van der Waals surface area contributed by atoms with E-state index in [9.17, 15) is 0 Å². The second kappa shape index (κ2) is 5.50. The van der Waals surface area contributed by atoms with Gasteiger partial charge in [0.2, 0.25) is 0 Å². The molecule has 0 atom stereocenters. The zero-order chi connectivity index (χ0) is 13.1. The Hall–Kier alpha value is -1.39. The van der Waals surface area contributed by atoms with Gasteiger partial charge in [-0.05, 0) is 52.3 Å². The standard InChI is InChI=1S/C13H12BrClN2O/c1-18-13-5-3-9(7-10(13)14)17-12-4-2-8(15)6-11(12)16/h2-7,17H,16H2,1H3. The number of ether oxygens (including phenoxy) is 1. The minimum Gasteiger partial charge on any atom is -0.496 e. The summed E-state index contributed by atoms with van der Waals surface area (Å²) in [5.74, 6) is 0.782. The predicted octanol–water partition coefficient (Wildman–Crippen LogP) is 4.44. The molecule has 94 valence electrons. The molecule has 0 fully saturated rings. The smallest absolute Gasteiger partial charge is 0.133 e. The average molecular weight is 328 g/mol. The Morgan fingerprint density at radius 3 is 2.61 bits per heavy atom. The number of nitrogen functional groups attached to an aromatic ring is 1. The van der Waals surface area contributed by atoms with E-state index < -0.39 is 0 Å². The molecule has 0 spiro atoms. The number of hydrogen-bond acceptors (Lipinski definition) is 3. The Morgan fingerprint density at radius 1 is 1.22 bits per heavy atom. The highest BCUT2D eigenvalue weighted by Crippen LogP contribution is 2.31. The van der Waals surface area contributed by atoms with Crippen molar-refractivity contribution in [1.29, 1.82) is 0 Å². The molecule has 0 aromatic heterocycles. The maximum atomic E-state index is 5.88. The maximum absolute atomic E-state index is 5.88. The molecule has 5 heteroatoms. The number of nitrogens with two attached hydrogens (primary N) is 1. The molecule has 2 aromatic carbocycles. The number of nitrogens with one attached hydrogen (secondary N) is 1. The molecule has 0 aliphatic carbocycles. The summed E-state index contributed by atoms with van der Waals surface area (Å²) in [4.78, 5) is 0. The molecule has 0 saturated heterocycles. The summed E-state index contributed by atoms with van der Waals surface area (Å²) in [6.45, 7) is 0. The summed E-state index contributed by atoms with van der Waals surface area (Å²) in [5.41, 5.74) is 8.22. The third-order valence-electron chi connectivity index (χ3n) is 2.44. The van der Waals surface area contributed by atoms with E-state index in [1.165, 1.54) is 0 Å². The Bertz CT molecular complexity index is 575. The second-order valence-corrected chi connectivity index (χ2v) is 5.00. The van der Waals surface area contributed by atoms with Crippen molar-refractivity contribution in [3.63, 3.8) is 0 Å². The highest BCUT2D eigenvalue weighted by atomic mass is 79.9. The summed E-state index contributed by atoms with van der Waals surface area (Å²) in [6.07, 6.45) is 0. The first-order valence-electron chi connectivity index (χ1n) is 5.26. The van der Waals surface area contributed by atoms with Crippen molar-refractivity contribution in [1.82, 2.24) is 0 Å². The van der Waals surface area contributed by atoms with E-state index in [2.05, 4.69) is 21.2 Å². The fraction of sp³-hybridized carbons (Fsp3) is 0.0769. The molecule has 0 aliphatic heterocycles. The lowest BCUT2D eigenvalue weighted by Crippen LogP contribution is -1.96. The zero-order valence-corrected chi connectivity index (χ0v) is 12.0. The van der Waals surface area contributed by atoms with Crippen LogP contribution in [-0.2, 0) is 0 Å². The van der Waals surface area contributed by atoms with Crippen LogP contribution >= 0.6 is 27.5 Å². The van der Waals surface area contributed by atoms with Gasteiger partial charge >= 0.3 is 0 Å². The van der Waals surface area contributed by atoms with Crippen LogP contribution in [0.15, 0.2) is 40.9 Å². The fourth-order valence-corrected chi connectivity index (χ4v) is 2.27. The molecular formula is C13H12BrClN2O. The topological polar surface area (TPSA) is 47.3 Å². The van der Waals surface area contributed by atoms with Crippen LogP contribution in [0.25, 0.3) is 0 Å². The number of hydrogen-bond donors (Lipinski definition) is 2. The van der Waals surface area contributed by atoms with Gasteiger partial charge in [-0.3, -0.25) is 0 Å². The Kier molecular flexibility index (Phi) is 3.99. The van der Waals surface area contributed by atoms with E-state index in [1.807, 2.05) is 24.3 Å². The molecule has 0 heterocycles. The van der Waals surface area contributed by atoms with Gasteiger partial charge in [0.25, 0.3) is 0 Å². The molecule has 3 N–H and O–H groups in total. The summed E-state index contributed by atoms with van der Waals surface area (Å²) >= 11 is 9.29. The van der Waals surface area contributed by atoms with E-state index in [-0.39, 0.29) is 0 Å². The minimum atomic E-state index is 0.606. The van der Waals surface area contributed by atoms with Gasteiger partial charge in [0.05, 0.1) is 23.0 Å². The Morgan fingerprint density at radius 2 is 2.00 bits per heavy atom. The van der Waals surface area contributed by atoms with Crippen molar-refractivity contribution in [3.8, 4) is 5.75 Å². The first kappa shape index (κ1) is 13.1. The quantitative estimate of drug-likeness (QED) is 0.819. The zero-order valence-electron chi connectivity index (χ0n) is 9.71. The summed E-state index contributed by atoms with van der Waals surface area (Å²) in [7, 11) is 1.63. The molecule has 0 unspecified atom stereocenters. The normalized spacial score (nSPS) is 10.2. The van der Waals surface area contributed by atoms with Crippen molar-refractivity contribution >= 4 is 44.6 Å². The molecule has 0 radical (unpaired) electrons. The molecule has 3 nitrogen and oxygen atoms in total. The molecule has 0 bridgehead atoms. The summed E-state index contributed by atoms with van der Waals surface area (Å²) in [6, 6.07) is 11.1. The van der Waals surface area contributed by atoms with Gasteiger partial charge in [-0.2, -0.15) is 0 Å². The number of rotatable bonds is 3. The van der Waals surface area contributed by atoms with E-state index >= 15 is 0 Å². The third-order valence-corrected chi connectivity index (χ3v) is 3.30. The monoisotopic (exact) mass is 326 g/mol. The van der Waals surface area contributed by atoms with Crippen molar-refractivity contribution < 1.29 is 4.74 Å². The van der Waals surface area contributed by atoms with Gasteiger partial charge in [0, 0.05) is 10.7 Å². The average Bonchev–Trinajstić information content (AvgIpc) is 2.33. The van der Waals surface area contributed by atoms with Crippen molar-refractivity contribution in [2.24, 2.45) is 0 Å². The van der Waals surface area contributed by atoms with Crippen LogP contribution in [0.1, 0.15) is 0 Å². The van der Waals surface area contributed by atoms with Crippen LogP contribution in [0, 0.1) is 0 Å². The van der Waals surface area contributed by atoms with Crippen LogP contribution in [0.4, 0.5) is 17.1 Å². The molecule has 18 heavy (non-hydrogen) atoms. The highest BCUT2D eigenvalue weighted by Gasteiger charge is 2.04. The van der Waals surface area contributed by atoms with E-state index in [0.717, 1.165) is 21.6 Å². The SMILES string of the molecule is COc1ccc(Nc2ccc(Cl)cc2N)cc1Br. The molecular weight excluding hydrogens is 316 g/mol. The molecule has 2 rings (SSSR count). The number of benzene rings is 2. The molecule has 0 amide bonds. The second-order valence-electron chi connectivity index (χ2n) is 3.71. The van der Waals surface area contributed by atoms with Crippen molar-refractivity contribution in [3.05, 3.63) is 45.9 Å². The van der Waals surface area contributed by atoms with Gasteiger partial charge in [-0.25, -0.2) is 0 Å². The van der Waals surface area contributed by atoms with Crippen LogP contribution in [0.5, 0.6) is 5.75 Å². The predicted molar refractivity (Wildman–Crippen MR) is 79.8 cm³/mol. The summed E-state index contributed by atoms with van der Waals surface area (Å²) in [5, 5.41) is 3.84. The minimum absolute atomic E-state index is 0.606. The molecule has 0 aliphatic rings. The van der Waals surface area contributed by atoms with Crippen LogP contribution in [0.2, 0.25) is 5.02 Å². The number of methoxy groups -OCH3 is 1. The van der Waals surface area contributed by atoms with Crippen LogP contribution < -0.4 is 15.8 Å². The largest absolute Gasteiger partial charge is 0.496 e. The lowest BCUT2D eigenvalue weighted by Gasteiger charge is -2.11. The van der Waals surface area contributed by atoms with E-state index in [1.54, 1.807) is 19.2 Å². The van der Waals surface area contributed by atoms with Crippen LogP contribution in [0.3, 0.4) is 0 Å². The van der Waals surface area contributed by atoms with Crippen molar-refractivity contribution in [2.45, 2.75) is 0 Å². The summed E-state index contributed by atoms with van der Waals surface area (Å²) < 4.78 is 6.05. The van der Waals surface area contributed by atoms with Gasteiger partial charge in [-0.1, -0.05) is 11.6 Å². The first-order valence-corrected chi connectivity index (χ1v) is 6.43. The van der Waals surface area contributed by atoms with Crippen LogP contribution in [-0.4, -0.2) is 7.11 Å². The van der Waals surface area contributed by atoms with Gasteiger partial charge in [0.1, 0.15) is 5.75 Å². The maximum Gasteiger partial charge on any atom is 0.133 e. The van der Waals surface area contributed by atoms with E-state index in [4.69, 9.17) is 22.1 Å². The molecule has 0 saturated carbocycles. The van der Waals surface area contributed by atoms with Gasteiger partial charge < -0.3 is 15.8 Å². The lowest BCUT2D eigenvalue weighted by molar-refractivity contribution is 0.412.